The predicted molar refractivity (Wildman–Crippen MR) is 104 cm³/mol. The third kappa shape index (κ3) is 5.17. The lowest BCUT2D eigenvalue weighted by Gasteiger charge is -2.08. The Morgan fingerprint density at radius 2 is 1.68 bits per heavy atom. The van der Waals surface area contributed by atoms with Crippen LogP contribution >= 0.6 is 11.8 Å². The molecule has 28 heavy (non-hydrogen) atoms. The Labute approximate surface area is 166 Å². The number of nitrogens with zero attached hydrogens (tertiary/aromatic N) is 2. The van der Waals surface area contributed by atoms with Crippen molar-refractivity contribution in [3.63, 3.8) is 0 Å². The van der Waals surface area contributed by atoms with E-state index in [0.29, 0.717) is 28.8 Å². The van der Waals surface area contributed by atoms with E-state index in [4.69, 9.17) is 18.6 Å². The minimum atomic E-state index is -0.209. The summed E-state index contributed by atoms with van der Waals surface area (Å²) in [4.78, 5) is 12.1. The van der Waals surface area contributed by atoms with Crippen molar-refractivity contribution in [2.75, 3.05) is 25.3 Å². The van der Waals surface area contributed by atoms with Crippen LogP contribution in [0, 0.1) is 0 Å². The fraction of sp³-hybridized carbons (Fsp3) is 0.211. The Kier molecular flexibility index (Phi) is 6.74. The first-order valence-electron chi connectivity index (χ1n) is 8.33. The van der Waals surface area contributed by atoms with Crippen molar-refractivity contribution in [1.29, 1.82) is 0 Å². The van der Waals surface area contributed by atoms with Gasteiger partial charge < -0.3 is 23.9 Å². The number of hydrogen-bond donors (Lipinski definition) is 1. The molecule has 9 heteroatoms. The normalized spacial score (nSPS) is 10.4. The molecule has 0 saturated heterocycles. The SMILES string of the molecule is COc1ccccc1NC(=O)CSc1nnc(COc2ccccc2OC)o1. The highest BCUT2D eigenvalue weighted by Crippen LogP contribution is 2.27. The van der Waals surface area contributed by atoms with Gasteiger partial charge in [0.1, 0.15) is 5.75 Å². The van der Waals surface area contributed by atoms with Crippen LogP contribution in [0.3, 0.4) is 0 Å². The monoisotopic (exact) mass is 401 g/mol. The van der Waals surface area contributed by atoms with Gasteiger partial charge in [0.05, 0.1) is 25.7 Å². The number of carbonyl (C=O) groups is 1. The maximum atomic E-state index is 12.1. The molecule has 1 aromatic heterocycles. The van der Waals surface area contributed by atoms with Gasteiger partial charge in [-0.1, -0.05) is 36.0 Å². The number of thioether (sulfide) groups is 1. The molecule has 1 N–H and O–H groups in total. The molecule has 0 aliphatic carbocycles. The Hall–Kier alpha value is -3.20. The number of aromatic nitrogens is 2. The minimum Gasteiger partial charge on any atom is -0.495 e. The number of nitrogens with one attached hydrogen (secondary N) is 1. The molecule has 0 aliphatic heterocycles. The fourth-order valence-corrected chi connectivity index (χ4v) is 2.87. The summed E-state index contributed by atoms with van der Waals surface area (Å²) in [6.07, 6.45) is 0. The number of para-hydroxylation sites is 4. The van der Waals surface area contributed by atoms with Gasteiger partial charge in [-0.15, -0.1) is 10.2 Å². The number of ether oxygens (including phenoxy) is 3. The van der Waals surface area contributed by atoms with Crippen LogP contribution in [0.25, 0.3) is 0 Å². The highest BCUT2D eigenvalue weighted by Gasteiger charge is 2.12. The van der Waals surface area contributed by atoms with Crippen LogP contribution in [-0.4, -0.2) is 36.1 Å². The molecule has 0 unspecified atom stereocenters. The highest BCUT2D eigenvalue weighted by molar-refractivity contribution is 7.99. The summed E-state index contributed by atoms with van der Waals surface area (Å²) in [5.41, 5.74) is 0.604. The largest absolute Gasteiger partial charge is 0.495 e. The number of benzene rings is 2. The van der Waals surface area contributed by atoms with E-state index < -0.39 is 0 Å². The summed E-state index contributed by atoms with van der Waals surface area (Å²) >= 11 is 1.14. The van der Waals surface area contributed by atoms with Crippen molar-refractivity contribution in [1.82, 2.24) is 10.2 Å². The number of amides is 1. The number of hydrogen-bond acceptors (Lipinski definition) is 8. The summed E-state index contributed by atoms with van der Waals surface area (Å²) in [5.74, 6) is 2.00. The molecule has 0 aliphatic rings. The van der Waals surface area contributed by atoms with E-state index >= 15 is 0 Å². The van der Waals surface area contributed by atoms with E-state index in [2.05, 4.69) is 15.5 Å². The quantitative estimate of drug-likeness (QED) is 0.545. The van der Waals surface area contributed by atoms with E-state index in [1.807, 2.05) is 24.3 Å². The van der Waals surface area contributed by atoms with E-state index in [-0.39, 0.29) is 23.5 Å². The first-order valence-corrected chi connectivity index (χ1v) is 9.32. The fourth-order valence-electron chi connectivity index (χ4n) is 2.29. The third-order valence-corrected chi connectivity index (χ3v) is 4.39. The molecule has 146 valence electrons. The lowest BCUT2D eigenvalue weighted by atomic mass is 10.3. The first-order chi connectivity index (χ1) is 13.7. The Morgan fingerprint density at radius 1 is 1.00 bits per heavy atom. The number of rotatable bonds is 9. The number of methoxy groups -OCH3 is 2. The standard InChI is InChI=1S/C19H19N3O5S/c1-24-14-8-4-3-7-13(14)20-17(23)12-28-19-22-21-18(27-19)11-26-16-10-6-5-9-15(16)25-2/h3-10H,11-12H2,1-2H3,(H,20,23). The molecule has 3 aromatic rings. The van der Waals surface area contributed by atoms with Crippen LogP contribution < -0.4 is 19.5 Å². The second-order valence-electron chi connectivity index (χ2n) is 5.44. The van der Waals surface area contributed by atoms with Gasteiger partial charge in [0, 0.05) is 0 Å². The molecule has 8 nitrogen and oxygen atoms in total. The van der Waals surface area contributed by atoms with Gasteiger partial charge in [0.2, 0.25) is 5.91 Å². The first kappa shape index (κ1) is 19.6. The van der Waals surface area contributed by atoms with Crippen LogP contribution in [0.2, 0.25) is 0 Å². The zero-order valence-electron chi connectivity index (χ0n) is 15.4. The maximum Gasteiger partial charge on any atom is 0.277 e. The smallest absolute Gasteiger partial charge is 0.277 e. The molecule has 0 fully saturated rings. The molecule has 0 atom stereocenters. The molecule has 0 saturated carbocycles. The zero-order valence-corrected chi connectivity index (χ0v) is 16.2. The Balaban J connectivity index is 1.50. The van der Waals surface area contributed by atoms with Gasteiger partial charge in [-0.2, -0.15) is 0 Å². The second kappa shape index (κ2) is 9.65. The zero-order chi connectivity index (χ0) is 19.8. The average Bonchev–Trinajstić information content (AvgIpc) is 3.19. The summed E-state index contributed by atoms with van der Waals surface area (Å²) in [7, 11) is 3.12. The van der Waals surface area contributed by atoms with Crippen LogP contribution in [0.4, 0.5) is 5.69 Å². The maximum absolute atomic E-state index is 12.1. The molecule has 0 radical (unpaired) electrons. The molecule has 3 rings (SSSR count). The molecule has 1 heterocycles. The van der Waals surface area contributed by atoms with E-state index in [1.54, 1.807) is 38.5 Å². The lowest BCUT2D eigenvalue weighted by Crippen LogP contribution is -2.14. The van der Waals surface area contributed by atoms with E-state index in [1.165, 1.54) is 0 Å². The summed E-state index contributed by atoms with van der Waals surface area (Å²) in [6, 6.07) is 14.5. The van der Waals surface area contributed by atoms with Crippen molar-refractivity contribution in [3.05, 3.63) is 54.4 Å². The van der Waals surface area contributed by atoms with Crippen molar-refractivity contribution >= 4 is 23.4 Å². The Bertz CT molecular complexity index is 931. The lowest BCUT2D eigenvalue weighted by molar-refractivity contribution is -0.113. The van der Waals surface area contributed by atoms with E-state index in [0.717, 1.165) is 11.8 Å². The van der Waals surface area contributed by atoms with Gasteiger partial charge in [-0.25, -0.2) is 0 Å². The molecule has 2 aromatic carbocycles. The molecular formula is C19H19N3O5S. The van der Waals surface area contributed by atoms with Gasteiger partial charge >= 0.3 is 0 Å². The van der Waals surface area contributed by atoms with Crippen LogP contribution in [0.15, 0.2) is 58.2 Å². The van der Waals surface area contributed by atoms with Gasteiger partial charge in [0.25, 0.3) is 11.1 Å². The molecule has 0 spiro atoms. The van der Waals surface area contributed by atoms with Crippen molar-refractivity contribution in [2.45, 2.75) is 11.8 Å². The van der Waals surface area contributed by atoms with E-state index in [9.17, 15) is 4.79 Å². The second-order valence-corrected chi connectivity index (χ2v) is 6.36. The van der Waals surface area contributed by atoms with Gasteiger partial charge in [-0.05, 0) is 24.3 Å². The van der Waals surface area contributed by atoms with Gasteiger partial charge in [0.15, 0.2) is 18.1 Å². The molecular weight excluding hydrogens is 382 g/mol. The van der Waals surface area contributed by atoms with Crippen molar-refractivity contribution in [2.24, 2.45) is 0 Å². The summed E-state index contributed by atoms with van der Waals surface area (Å²) < 4.78 is 21.6. The minimum absolute atomic E-state index is 0.0986. The summed E-state index contributed by atoms with van der Waals surface area (Å²) in [6.45, 7) is 0.0986. The summed E-state index contributed by atoms with van der Waals surface area (Å²) in [5, 5.41) is 10.9. The highest BCUT2D eigenvalue weighted by atomic mass is 32.2. The average molecular weight is 401 g/mol. The Morgan fingerprint density at radius 3 is 2.43 bits per heavy atom. The topological polar surface area (TPSA) is 95.7 Å². The predicted octanol–water partition coefficient (Wildman–Crippen LogP) is 3.40. The molecule has 0 bridgehead atoms. The number of anilines is 1. The van der Waals surface area contributed by atoms with Gasteiger partial charge in [-0.3, -0.25) is 4.79 Å². The number of carbonyl (C=O) groups excluding carboxylic acids is 1. The van der Waals surface area contributed by atoms with Crippen LogP contribution in [0.5, 0.6) is 17.2 Å². The molecule has 1 amide bonds. The van der Waals surface area contributed by atoms with Crippen LogP contribution in [-0.2, 0) is 11.4 Å². The van der Waals surface area contributed by atoms with Crippen LogP contribution in [0.1, 0.15) is 5.89 Å². The van der Waals surface area contributed by atoms with Crippen molar-refractivity contribution < 1.29 is 23.4 Å². The van der Waals surface area contributed by atoms with Crippen molar-refractivity contribution in [3.8, 4) is 17.2 Å². The third-order valence-electron chi connectivity index (χ3n) is 3.58.